The number of rotatable bonds is 11. The van der Waals surface area contributed by atoms with Gasteiger partial charge in [0.2, 0.25) is 5.91 Å². The number of ether oxygens (including phenoxy) is 1. The van der Waals surface area contributed by atoms with Gasteiger partial charge in [-0.3, -0.25) is 14.4 Å². The van der Waals surface area contributed by atoms with Crippen LogP contribution < -0.4 is 20.7 Å². The largest absolute Gasteiger partial charge is 0.497 e. The molecule has 0 aliphatic rings. The molecule has 3 amide bonds. The summed E-state index contributed by atoms with van der Waals surface area (Å²) in [5.41, 5.74) is 1.22. The van der Waals surface area contributed by atoms with Crippen LogP contribution in [-0.2, 0) is 15.8 Å². The van der Waals surface area contributed by atoms with Gasteiger partial charge in [0.25, 0.3) is 11.8 Å². The van der Waals surface area contributed by atoms with Gasteiger partial charge in [0.05, 0.1) is 12.7 Å². The smallest absolute Gasteiger partial charge is 0.416 e. The molecule has 0 aliphatic heterocycles. The van der Waals surface area contributed by atoms with E-state index in [1.807, 2.05) is 0 Å². The minimum atomic E-state index is -4.55. The molecule has 0 saturated heterocycles. The molecular weight excluding hydrogens is 651 g/mol. The van der Waals surface area contributed by atoms with Crippen molar-refractivity contribution >= 4 is 46.9 Å². The van der Waals surface area contributed by atoms with Gasteiger partial charge in [0.1, 0.15) is 16.7 Å². The Morgan fingerprint density at radius 3 is 2.08 bits per heavy atom. The Kier molecular flexibility index (Phi) is 11.2. The molecule has 5 rings (SSSR count). The van der Waals surface area contributed by atoms with E-state index < -0.39 is 34.7 Å². The van der Waals surface area contributed by atoms with Gasteiger partial charge >= 0.3 is 6.18 Å². The number of alkyl halides is 3. The third-order valence-corrected chi connectivity index (χ3v) is 8.36. The van der Waals surface area contributed by atoms with Crippen molar-refractivity contribution in [2.45, 2.75) is 16.3 Å². The van der Waals surface area contributed by atoms with Crippen molar-refractivity contribution in [3.05, 3.63) is 161 Å². The Balaban J connectivity index is 1.33. The van der Waals surface area contributed by atoms with E-state index in [1.165, 1.54) is 37.1 Å². The molecule has 0 bridgehead atoms. The van der Waals surface area contributed by atoms with Crippen LogP contribution in [0, 0.1) is 0 Å². The van der Waals surface area contributed by atoms with Crippen molar-refractivity contribution in [2.24, 2.45) is 0 Å². The molecule has 0 heterocycles. The average Bonchev–Trinajstić information content (AvgIpc) is 3.11. The minimum absolute atomic E-state index is 0.00374. The first-order chi connectivity index (χ1) is 23.6. The topological polar surface area (TPSA) is 96.5 Å². The van der Waals surface area contributed by atoms with Gasteiger partial charge in [-0.05, 0) is 83.9 Å². The maximum absolute atomic E-state index is 13.5. The van der Waals surface area contributed by atoms with Crippen LogP contribution in [0.4, 0.5) is 24.5 Å². The van der Waals surface area contributed by atoms with Crippen LogP contribution in [0.2, 0.25) is 0 Å². The van der Waals surface area contributed by atoms with E-state index in [2.05, 4.69) is 16.0 Å². The zero-order chi connectivity index (χ0) is 34.8. The predicted octanol–water partition coefficient (Wildman–Crippen LogP) is 8.60. The number of thioether (sulfide) groups is 1. The zero-order valence-corrected chi connectivity index (χ0v) is 26.8. The summed E-state index contributed by atoms with van der Waals surface area (Å²) in [6, 6.07) is 35.5. The first-order valence-electron chi connectivity index (χ1n) is 14.9. The van der Waals surface area contributed by atoms with Gasteiger partial charge in [-0.1, -0.05) is 66.7 Å². The highest BCUT2D eigenvalue weighted by molar-refractivity contribution is 8.00. The molecule has 1 unspecified atom stereocenters. The van der Waals surface area contributed by atoms with E-state index in [0.29, 0.717) is 33.0 Å². The van der Waals surface area contributed by atoms with Gasteiger partial charge in [-0.25, -0.2) is 0 Å². The van der Waals surface area contributed by atoms with Crippen molar-refractivity contribution in [1.82, 2.24) is 5.32 Å². The van der Waals surface area contributed by atoms with Crippen LogP contribution >= 0.6 is 11.8 Å². The molecule has 0 aromatic heterocycles. The van der Waals surface area contributed by atoms with E-state index in [4.69, 9.17) is 4.74 Å². The van der Waals surface area contributed by atoms with Crippen molar-refractivity contribution in [3.8, 4) is 5.75 Å². The van der Waals surface area contributed by atoms with Crippen LogP contribution in [0.5, 0.6) is 5.75 Å². The number of hydrogen-bond acceptors (Lipinski definition) is 5. The molecule has 5 aromatic carbocycles. The Bertz CT molecular complexity index is 1950. The van der Waals surface area contributed by atoms with E-state index in [1.54, 1.807) is 109 Å². The lowest BCUT2D eigenvalue weighted by Gasteiger charge is -2.18. The summed E-state index contributed by atoms with van der Waals surface area (Å²) in [5, 5.41) is 7.30. The fourth-order valence-corrected chi connectivity index (χ4v) is 5.70. The second kappa shape index (κ2) is 15.9. The number of methoxy groups -OCH3 is 1. The third-order valence-electron chi connectivity index (χ3n) is 7.10. The quantitative estimate of drug-likeness (QED) is 0.0959. The lowest BCUT2D eigenvalue weighted by Crippen LogP contribution is -2.30. The Hall–Kier alpha value is -5.81. The monoisotopic (exact) mass is 681 g/mol. The first-order valence-corrected chi connectivity index (χ1v) is 15.8. The van der Waals surface area contributed by atoms with Crippen LogP contribution in [0.25, 0.3) is 6.08 Å². The van der Waals surface area contributed by atoms with E-state index in [9.17, 15) is 27.6 Å². The highest BCUT2D eigenvalue weighted by Gasteiger charge is 2.31. The lowest BCUT2D eigenvalue weighted by atomic mass is 10.1. The SMILES string of the molecule is COc1cccc(/C=C(\NC(=O)c2ccccc2)C(=O)Nc2ccc(SC(C(=O)Nc3cccc(C(F)(F)F)c3)c3ccccc3)cc2)c1. The Labute approximate surface area is 285 Å². The zero-order valence-electron chi connectivity index (χ0n) is 26.0. The molecule has 248 valence electrons. The van der Waals surface area contributed by atoms with E-state index >= 15 is 0 Å². The summed E-state index contributed by atoms with van der Waals surface area (Å²) in [6.45, 7) is 0. The Morgan fingerprint density at radius 2 is 1.41 bits per heavy atom. The molecule has 11 heteroatoms. The normalized spacial score (nSPS) is 12.0. The fourth-order valence-electron chi connectivity index (χ4n) is 4.67. The Morgan fingerprint density at radius 1 is 0.735 bits per heavy atom. The third kappa shape index (κ3) is 9.61. The summed E-state index contributed by atoms with van der Waals surface area (Å²) in [7, 11) is 1.53. The fraction of sp³-hybridized carbons (Fsp3) is 0.0789. The molecule has 5 aromatic rings. The number of benzene rings is 5. The van der Waals surface area contributed by atoms with E-state index in [-0.39, 0.29) is 11.4 Å². The summed E-state index contributed by atoms with van der Waals surface area (Å²) in [6.07, 6.45) is -3.01. The van der Waals surface area contributed by atoms with Crippen LogP contribution in [-0.4, -0.2) is 24.8 Å². The van der Waals surface area contributed by atoms with Crippen LogP contribution in [0.3, 0.4) is 0 Å². The van der Waals surface area contributed by atoms with Crippen molar-refractivity contribution < 1.29 is 32.3 Å². The summed E-state index contributed by atoms with van der Waals surface area (Å²) >= 11 is 1.20. The number of halogens is 3. The van der Waals surface area contributed by atoms with Crippen molar-refractivity contribution in [3.63, 3.8) is 0 Å². The van der Waals surface area contributed by atoms with E-state index in [0.717, 1.165) is 12.1 Å². The van der Waals surface area contributed by atoms with Gasteiger partial charge in [0.15, 0.2) is 0 Å². The molecule has 7 nitrogen and oxygen atoms in total. The van der Waals surface area contributed by atoms with Crippen LogP contribution in [0.15, 0.2) is 144 Å². The molecule has 0 saturated carbocycles. The molecule has 0 fully saturated rings. The number of carbonyl (C=O) groups excluding carboxylic acids is 3. The average molecular weight is 682 g/mol. The summed E-state index contributed by atoms with van der Waals surface area (Å²) in [5.74, 6) is -0.968. The first kappa shape index (κ1) is 34.5. The second-order valence-corrected chi connectivity index (χ2v) is 11.8. The predicted molar refractivity (Wildman–Crippen MR) is 185 cm³/mol. The number of nitrogens with one attached hydrogen (secondary N) is 3. The molecule has 0 spiro atoms. The highest BCUT2D eigenvalue weighted by atomic mass is 32.2. The van der Waals surface area contributed by atoms with Gasteiger partial charge in [0, 0.05) is 21.8 Å². The van der Waals surface area contributed by atoms with Crippen molar-refractivity contribution in [2.75, 3.05) is 17.7 Å². The number of anilines is 2. The summed E-state index contributed by atoms with van der Waals surface area (Å²) in [4.78, 5) is 40.5. The molecule has 1 atom stereocenters. The van der Waals surface area contributed by atoms with Crippen molar-refractivity contribution in [1.29, 1.82) is 0 Å². The van der Waals surface area contributed by atoms with Crippen LogP contribution in [0.1, 0.15) is 32.3 Å². The number of amides is 3. The van der Waals surface area contributed by atoms with Gasteiger partial charge in [-0.2, -0.15) is 13.2 Å². The molecule has 0 aliphatic carbocycles. The molecule has 3 N–H and O–H groups in total. The maximum Gasteiger partial charge on any atom is 0.416 e. The number of carbonyl (C=O) groups is 3. The molecule has 0 radical (unpaired) electrons. The number of hydrogen-bond donors (Lipinski definition) is 3. The van der Waals surface area contributed by atoms with Gasteiger partial charge in [-0.15, -0.1) is 11.8 Å². The summed E-state index contributed by atoms with van der Waals surface area (Å²) < 4.78 is 45.1. The lowest BCUT2D eigenvalue weighted by molar-refractivity contribution is -0.137. The molecular formula is C38H30F3N3O4S. The van der Waals surface area contributed by atoms with Gasteiger partial charge < -0.3 is 20.7 Å². The standard InChI is InChI=1S/C38H30F3N3O4S/c1-48-31-17-8-10-25(22-31)23-33(44-35(45)27-13-6-3-7-14-27)36(46)42-29-18-20-32(21-19-29)49-34(26-11-4-2-5-12-26)37(47)43-30-16-9-15-28(24-30)38(39,40)41/h2-24,34H,1H3,(H,42,46)(H,43,47)(H,44,45)/b33-23-. The minimum Gasteiger partial charge on any atom is -0.497 e. The molecule has 49 heavy (non-hydrogen) atoms. The highest BCUT2D eigenvalue weighted by Crippen LogP contribution is 2.37. The second-order valence-electron chi connectivity index (χ2n) is 10.6. The maximum atomic E-state index is 13.5.